The number of furan rings is 2. The maximum atomic E-state index is 6.44. The predicted molar refractivity (Wildman–Crippen MR) is 241 cm³/mol. The number of hydrogen-bond donors (Lipinski definition) is 0. The van der Waals surface area contributed by atoms with Gasteiger partial charge in [0.2, 0.25) is 0 Å². The summed E-state index contributed by atoms with van der Waals surface area (Å²) in [5.41, 5.74) is 15.0. The Labute approximate surface area is 332 Å². The van der Waals surface area contributed by atoms with Gasteiger partial charge in [-0.3, -0.25) is 0 Å². The highest BCUT2D eigenvalue weighted by Crippen LogP contribution is 2.44. The molecule has 4 heterocycles. The Kier molecular flexibility index (Phi) is 6.41. The minimum atomic E-state index is 0.876. The highest BCUT2D eigenvalue weighted by molar-refractivity contribution is 6.29. The average Bonchev–Trinajstić information content (AvgIpc) is 4.03. The standard InChI is InChI=1S/C54H32N2O2/c1-2-10-33(11-3-1)34-18-22-37(23-19-34)55-45-15-7-4-14-43(45)53-47(55)28-29-48-54(53)44-30-35(36-20-25-41-39-12-5-8-16-49(39)57-51(41)31-36)21-27-46(44)56(48)38-24-26-42-40-13-6-9-17-50(40)58-52(42)32-38/h1-32H. The largest absolute Gasteiger partial charge is 0.456 e. The van der Waals surface area contributed by atoms with E-state index in [9.17, 15) is 0 Å². The van der Waals surface area contributed by atoms with Crippen LogP contribution in [0.2, 0.25) is 0 Å². The molecule has 270 valence electrons. The van der Waals surface area contributed by atoms with Gasteiger partial charge in [-0.15, -0.1) is 0 Å². The molecule has 13 rings (SSSR count). The van der Waals surface area contributed by atoms with Crippen molar-refractivity contribution in [2.24, 2.45) is 0 Å². The van der Waals surface area contributed by atoms with Gasteiger partial charge >= 0.3 is 0 Å². The molecule has 0 unspecified atom stereocenters. The smallest absolute Gasteiger partial charge is 0.137 e. The van der Waals surface area contributed by atoms with Gasteiger partial charge in [0, 0.05) is 60.5 Å². The molecule has 0 bridgehead atoms. The van der Waals surface area contributed by atoms with Gasteiger partial charge in [-0.2, -0.15) is 0 Å². The normalized spacial score (nSPS) is 12.1. The van der Waals surface area contributed by atoms with Crippen molar-refractivity contribution in [3.8, 4) is 33.6 Å². The fourth-order valence-corrected chi connectivity index (χ4v) is 9.50. The Morgan fingerprint density at radius 2 is 0.724 bits per heavy atom. The van der Waals surface area contributed by atoms with Gasteiger partial charge in [0.15, 0.2) is 0 Å². The lowest BCUT2D eigenvalue weighted by atomic mass is 10.00. The van der Waals surface area contributed by atoms with Crippen LogP contribution >= 0.6 is 0 Å². The number of hydrogen-bond acceptors (Lipinski definition) is 2. The third-order valence-electron chi connectivity index (χ3n) is 12.1. The quantitative estimate of drug-likeness (QED) is 0.180. The average molecular weight is 741 g/mol. The zero-order valence-corrected chi connectivity index (χ0v) is 31.2. The predicted octanol–water partition coefficient (Wildman–Crippen LogP) is 15.0. The lowest BCUT2D eigenvalue weighted by Gasteiger charge is -2.10. The molecule has 4 nitrogen and oxygen atoms in total. The van der Waals surface area contributed by atoms with Gasteiger partial charge < -0.3 is 18.0 Å². The van der Waals surface area contributed by atoms with E-state index in [1.165, 1.54) is 43.7 Å². The summed E-state index contributed by atoms with van der Waals surface area (Å²) in [6, 6.07) is 69.6. The molecule has 58 heavy (non-hydrogen) atoms. The first-order chi connectivity index (χ1) is 28.7. The fraction of sp³-hybridized carbons (Fsp3) is 0. The van der Waals surface area contributed by atoms with Gasteiger partial charge in [0.05, 0.1) is 22.1 Å². The van der Waals surface area contributed by atoms with Crippen LogP contribution in [0.5, 0.6) is 0 Å². The maximum Gasteiger partial charge on any atom is 0.137 e. The topological polar surface area (TPSA) is 36.1 Å². The number of benzene rings is 9. The number of rotatable bonds is 4. The van der Waals surface area contributed by atoms with Gasteiger partial charge in [-0.1, -0.05) is 109 Å². The van der Waals surface area contributed by atoms with E-state index in [-0.39, 0.29) is 0 Å². The van der Waals surface area contributed by atoms with Crippen LogP contribution in [-0.4, -0.2) is 9.13 Å². The summed E-state index contributed by atoms with van der Waals surface area (Å²) < 4.78 is 17.6. The minimum Gasteiger partial charge on any atom is -0.456 e. The maximum absolute atomic E-state index is 6.44. The van der Waals surface area contributed by atoms with Crippen molar-refractivity contribution in [2.75, 3.05) is 0 Å². The summed E-state index contributed by atoms with van der Waals surface area (Å²) in [7, 11) is 0. The molecule has 13 aromatic rings. The van der Waals surface area contributed by atoms with Crippen molar-refractivity contribution in [1.82, 2.24) is 9.13 Å². The Bertz CT molecular complexity index is 3780. The molecule has 0 fully saturated rings. The SMILES string of the molecule is c1ccc(-c2ccc(-n3c4ccccc4c4c5c6cc(-c7ccc8c(c7)oc7ccccc78)ccc6n(-c6ccc7c(c6)oc6ccccc67)c5ccc43)cc2)cc1. The molecule has 0 amide bonds. The summed E-state index contributed by atoms with van der Waals surface area (Å²) in [6.07, 6.45) is 0. The highest BCUT2D eigenvalue weighted by Gasteiger charge is 2.22. The van der Waals surface area contributed by atoms with Crippen molar-refractivity contribution in [2.45, 2.75) is 0 Å². The molecule has 0 aliphatic carbocycles. The minimum absolute atomic E-state index is 0.876. The Hall–Kier alpha value is -7.82. The van der Waals surface area contributed by atoms with Crippen LogP contribution in [0, 0.1) is 0 Å². The van der Waals surface area contributed by atoms with Gasteiger partial charge in [0.25, 0.3) is 0 Å². The second-order valence-corrected chi connectivity index (χ2v) is 15.3. The summed E-state index contributed by atoms with van der Waals surface area (Å²) in [5.74, 6) is 0. The molecular weight excluding hydrogens is 709 g/mol. The van der Waals surface area contributed by atoms with E-state index in [1.807, 2.05) is 24.3 Å². The Morgan fingerprint density at radius 1 is 0.259 bits per heavy atom. The molecule has 0 saturated heterocycles. The molecule has 0 aliphatic rings. The summed E-state index contributed by atoms with van der Waals surface area (Å²) >= 11 is 0. The molecule has 0 aliphatic heterocycles. The van der Waals surface area contributed by atoms with E-state index >= 15 is 0 Å². The van der Waals surface area contributed by atoms with Crippen molar-refractivity contribution in [3.05, 3.63) is 194 Å². The van der Waals surface area contributed by atoms with Crippen LogP contribution in [0.3, 0.4) is 0 Å². The van der Waals surface area contributed by atoms with E-state index in [2.05, 4.69) is 179 Å². The van der Waals surface area contributed by atoms with Gasteiger partial charge in [0.1, 0.15) is 22.3 Å². The lowest BCUT2D eigenvalue weighted by molar-refractivity contribution is 0.668. The molecule has 4 aromatic heterocycles. The number of para-hydroxylation sites is 3. The van der Waals surface area contributed by atoms with Crippen LogP contribution in [-0.2, 0) is 0 Å². The third-order valence-corrected chi connectivity index (χ3v) is 12.1. The molecule has 4 heteroatoms. The molecule has 0 N–H and O–H groups in total. The van der Waals surface area contributed by atoms with Crippen LogP contribution in [0.25, 0.3) is 121 Å². The lowest BCUT2D eigenvalue weighted by Crippen LogP contribution is -1.95. The van der Waals surface area contributed by atoms with Crippen molar-refractivity contribution >= 4 is 87.5 Å². The van der Waals surface area contributed by atoms with Crippen LogP contribution in [0.1, 0.15) is 0 Å². The van der Waals surface area contributed by atoms with Crippen molar-refractivity contribution < 1.29 is 8.83 Å². The molecule has 0 atom stereocenters. The van der Waals surface area contributed by atoms with Gasteiger partial charge in [-0.25, -0.2) is 0 Å². The number of nitrogens with zero attached hydrogens (tertiary/aromatic N) is 2. The fourth-order valence-electron chi connectivity index (χ4n) is 9.50. The van der Waals surface area contributed by atoms with Crippen molar-refractivity contribution in [1.29, 1.82) is 0 Å². The van der Waals surface area contributed by atoms with Crippen LogP contribution in [0.15, 0.2) is 203 Å². The second-order valence-electron chi connectivity index (χ2n) is 15.3. The Morgan fingerprint density at radius 3 is 1.47 bits per heavy atom. The molecule has 9 aromatic carbocycles. The number of aromatic nitrogens is 2. The van der Waals surface area contributed by atoms with E-state index in [0.29, 0.717) is 0 Å². The first-order valence-corrected chi connectivity index (χ1v) is 19.7. The second kappa shape index (κ2) is 11.8. The summed E-state index contributed by atoms with van der Waals surface area (Å²) in [6.45, 7) is 0. The van der Waals surface area contributed by atoms with Gasteiger partial charge in [-0.05, 0) is 101 Å². The summed E-state index contributed by atoms with van der Waals surface area (Å²) in [5, 5.41) is 9.38. The van der Waals surface area contributed by atoms with Crippen molar-refractivity contribution in [3.63, 3.8) is 0 Å². The first-order valence-electron chi connectivity index (χ1n) is 19.7. The zero-order valence-electron chi connectivity index (χ0n) is 31.2. The molecule has 0 radical (unpaired) electrons. The molecule has 0 spiro atoms. The molecule has 0 saturated carbocycles. The first kappa shape index (κ1) is 31.4. The van der Waals surface area contributed by atoms with Crippen LogP contribution in [0.4, 0.5) is 0 Å². The van der Waals surface area contributed by atoms with E-state index < -0.39 is 0 Å². The van der Waals surface area contributed by atoms with E-state index in [0.717, 1.165) is 77.4 Å². The van der Waals surface area contributed by atoms with E-state index in [1.54, 1.807) is 0 Å². The van der Waals surface area contributed by atoms with E-state index in [4.69, 9.17) is 8.83 Å². The monoisotopic (exact) mass is 740 g/mol. The van der Waals surface area contributed by atoms with Crippen LogP contribution < -0.4 is 0 Å². The molecular formula is C54H32N2O2. The zero-order chi connectivity index (χ0) is 37.9. The number of fused-ring (bicyclic) bond motifs is 13. The summed E-state index contributed by atoms with van der Waals surface area (Å²) in [4.78, 5) is 0. The third kappa shape index (κ3) is 4.45. The highest BCUT2D eigenvalue weighted by atomic mass is 16.3. The Balaban J connectivity index is 1.09.